The van der Waals surface area contributed by atoms with Crippen molar-refractivity contribution in [2.45, 2.75) is 45.2 Å². The second-order valence-corrected chi connectivity index (χ2v) is 7.78. The van der Waals surface area contributed by atoms with Crippen molar-refractivity contribution in [2.24, 2.45) is 10.4 Å². The van der Waals surface area contributed by atoms with Crippen molar-refractivity contribution in [1.82, 2.24) is 20.2 Å². The normalized spacial score (nSPS) is 16.3. The SMILES string of the molecule is CN=C(NCc1cccc(Cn2ccnc2)c1)NCC1(CCOC)CCCC1. The maximum Gasteiger partial charge on any atom is 0.191 e. The molecule has 1 heterocycles. The highest BCUT2D eigenvalue weighted by atomic mass is 16.5. The molecular formula is C22H33N5O. The summed E-state index contributed by atoms with van der Waals surface area (Å²) in [6, 6.07) is 8.64. The Morgan fingerprint density at radius 1 is 1.25 bits per heavy atom. The minimum absolute atomic E-state index is 0.346. The first-order chi connectivity index (χ1) is 13.7. The van der Waals surface area contributed by atoms with E-state index >= 15 is 0 Å². The summed E-state index contributed by atoms with van der Waals surface area (Å²) < 4.78 is 7.41. The van der Waals surface area contributed by atoms with E-state index < -0.39 is 0 Å². The fourth-order valence-corrected chi connectivity index (χ4v) is 4.07. The zero-order valence-electron chi connectivity index (χ0n) is 17.2. The Bertz CT molecular complexity index is 735. The molecule has 0 saturated heterocycles. The van der Waals surface area contributed by atoms with Gasteiger partial charge in [-0.25, -0.2) is 4.98 Å². The second kappa shape index (κ2) is 10.3. The Morgan fingerprint density at radius 2 is 2.07 bits per heavy atom. The van der Waals surface area contributed by atoms with Crippen molar-refractivity contribution in [3.63, 3.8) is 0 Å². The van der Waals surface area contributed by atoms with Gasteiger partial charge in [0.25, 0.3) is 0 Å². The number of imidazole rings is 1. The van der Waals surface area contributed by atoms with Crippen LogP contribution in [0.5, 0.6) is 0 Å². The molecule has 1 fully saturated rings. The number of hydrogen-bond donors (Lipinski definition) is 2. The van der Waals surface area contributed by atoms with Crippen LogP contribution in [-0.4, -0.2) is 42.8 Å². The molecule has 2 N–H and O–H groups in total. The van der Waals surface area contributed by atoms with E-state index in [4.69, 9.17) is 4.74 Å². The lowest BCUT2D eigenvalue weighted by molar-refractivity contribution is 0.138. The third-order valence-electron chi connectivity index (χ3n) is 5.73. The Morgan fingerprint density at radius 3 is 2.79 bits per heavy atom. The van der Waals surface area contributed by atoms with Gasteiger partial charge in [-0.3, -0.25) is 4.99 Å². The number of nitrogens with zero attached hydrogens (tertiary/aromatic N) is 3. The minimum atomic E-state index is 0.346. The van der Waals surface area contributed by atoms with E-state index in [2.05, 4.69) is 49.4 Å². The van der Waals surface area contributed by atoms with Gasteiger partial charge in [0.2, 0.25) is 0 Å². The lowest BCUT2D eigenvalue weighted by Crippen LogP contribution is -2.43. The molecule has 6 heteroatoms. The molecule has 1 aliphatic carbocycles. The van der Waals surface area contributed by atoms with Gasteiger partial charge in [0.15, 0.2) is 5.96 Å². The van der Waals surface area contributed by atoms with Gasteiger partial charge in [0.05, 0.1) is 6.33 Å². The van der Waals surface area contributed by atoms with E-state index in [1.54, 1.807) is 7.11 Å². The molecule has 152 valence electrons. The fourth-order valence-electron chi connectivity index (χ4n) is 4.07. The standard InChI is InChI=1S/C22H33N5O/c1-23-21(26-17-22(10-13-28-2)8-3-4-9-22)25-15-19-6-5-7-20(14-19)16-27-12-11-24-18-27/h5-7,11-12,14,18H,3-4,8-10,13,15-17H2,1-2H3,(H2,23,25,26). The molecule has 6 nitrogen and oxygen atoms in total. The highest BCUT2D eigenvalue weighted by molar-refractivity contribution is 5.79. The van der Waals surface area contributed by atoms with E-state index in [1.165, 1.54) is 36.8 Å². The van der Waals surface area contributed by atoms with Gasteiger partial charge in [-0.05, 0) is 35.8 Å². The smallest absolute Gasteiger partial charge is 0.191 e. The lowest BCUT2D eigenvalue weighted by atomic mass is 9.83. The van der Waals surface area contributed by atoms with Crippen molar-refractivity contribution in [2.75, 3.05) is 27.3 Å². The van der Waals surface area contributed by atoms with E-state index in [0.717, 1.165) is 38.6 Å². The van der Waals surface area contributed by atoms with Crippen LogP contribution in [-0.2, 0) is 17.8 Å². The van der Waals surface area contributed by atoms with E-state index in [9.17, 15) is 0 Å². The fraction of sp³-hybridized carbons (Fsp3) is 0.545. The highest BCUT2D eigenvalue weighted by Gasteiger charge is 2.33. The molecule has 0 unspecified atom stereocenters. The highest BCUT2D eigenvalue weighted by Crippen LogP contribution is 2.40. The van der Waals surface area contributed by atoms with Crippen LogP contribution in [0, 0.1) is 5.41 Å². The first-order valence-corrected chi connectivity index (χ1v) is 10.2. The molecule has 0 spiro atoms. The third-order valence-corrected chi connectivity index (χ3v) is 5.73. The molecule has 3 rings (SSSR count). The summed E-state index contributed by atoms with van der Waals surface area (Å²) in [5, 5.41) is 7.01. The number of benzene rings is 1. The summed E-state index contributed by atoms with van der Waals surface area (Å²) in [5.41, 5.74) is 2.86. The second-order valence-electron chi connectivity index (χ2n) is 7.78. The summed E-state index contributed by atoms with van der Waals surface area (Å²) in [4.78, 5) is 8.52. The Hall–Kier alpha value is -2.34. The maximum atomic E-state index is 5.34. The van der Waals surface area contributed by atoms with Crippen LogP contribution in [0.15, 0.2) is 48.0 Å². The average molecular weight is 384 g/mol. The Balaban J connectivity index is 1.51. The lowest BCUT2D eigenvalue weighted by Gasteiger charge is -2.30. The zero-order chi connectivity index (χ0) is 19.7. The first kappa shape index (κ1) is 20.4. The average Bonchev–Trinajstić information content (AvgIpc) is 3.40. The van der Waals surface area contributed by atoms with Crippen molar-refractivity contribution in [3.8, 4) is 0 Å². The van der Waals surface area contributed by atoms with Gasteiger partial charge in [-0.1, -0.05) is 37.1 Å². The molecule has 2 aromatic rings. The number of guanidine groups is 1. The topological polar surface area (TPSA) is 63.5 Å². The molecule has 0 aliphatic heterocycles. The number of rotatable bonds is 9. The molecule has 1 aromatic heterocycles. The largest absolute Gasteiger partial charge is 0.385 e. The molecule has 1 aromatic carbocycles. The Kier molecular flexibility index (Phi) is 7.48. The van der Waals surface area contributed by atoms with Crippen molar-refractivity contribution in [1.29, 1.82) is 0 Å². The molecule has 28 heavy (non-hydrogen) atoms. The van der Waals surface area contributed by atoms with Crippen molar-refractivity contribution >= 4 is 5.96 Å². The molecule has 0 radical (unpaired) electrons. The zero-order valence-corrected chi connectivity index (χ0v) is 17.2. The summed E-state index contributed by atoms with van der Waals surface area (Å²) in [7, 11) is 3.62. The van der Waals surface area contributed by atoms with Gasteiger partial charge in [0.1, 0.15) is 0 Å². The van der Waals surface area contributed by atoms with E-state index in [-0.39, 0.29) is 0 Å². The number of aromatic nitrogens is 2. The summed E-state index contributed by atoms with van der Waals surface area (Å²) in [5.74, 6) is 0.865. The predicted molar refractivity (Wildman–Crippen MR) is 113 cm³/mol. The minimum Gasteiger partial charge on any atom is -0.385 e. The number of ether oxygens (including phenoxy) is 1. The summed E-state index contributed by atoms with van der Waals surface area (Å²) >= 11 is 0. The van der Waals surface area contributed by atoms with Gasteiger partial charge in [-0.15, -0.1) is 0 Å². The number of hydrogen-bond acceptors (Lipinski definition) is 3. The molecule has 1 aliphatic rings. The van der Waals surface area contributed by atoms with Gasteiger partial charge >= 0.3 is 0 Å². The van der Waals surface area contributed by atoms with Crippen LogP contribution >= 0.6 is 0 Å². The predicted octanol–water partition coefficient (Wildman–Crippen LogP) is 3.19. The van der Waals surface area contributed by atoms with Crippen LogP contribution in [0.1, 0.15) is 43.2 Å². The molecule has 0 bridgehead atoms. The molecule has 1 saturated carbocycles. The van der Waals surface area contributed by atoms with Gasteiger partial charge < -0.3 is 19.9 Å². The van der Waals surface area contributed by atoms with Crippen LogP contribution in [0.3, 0.4) is 0 Å². The summed E-state index contributed by atoms with van der Waals surface area (Å²) in [6.45, 7) is 3.37. The van der Waals surface area contributed by atoms with E-state index in [0.29, 0.717) is 5.41 Å². The monoisotopic (exact) mass is 383 g/mol. The van der Waals surface area contributed by atoms with Crippen molar-refractivity contribution in [3.05, 3.63) is 54.1 Å². The van der Waals surface area contributed by atoms with Crippen LogP contribution in [0.2, 0.25) is 0 Å². The van der Waals surface area contributed by atoms with Gasteiger partial charge in [-0.2, -0.15) is 0 Å². The number of aliphatic imine (C=N–C) groups is 1. The molecule has 0 atom stereocenters. The summed E-state index contributed by atoms with van der Waals surface area (Å²) in [6.07, 6.45) is 11.9. The quantitative estimate of drug-likeness (QED) is 0.516. The Labute approximate surface area is 168 Å². The number of nitrogens with one attached hydrogen (secondary N) is 2. The first-order valence-electron chi connectivity index (χ1n) is 10.2. The van der Waals surface area contributed by atoms with Crippen LogP contribution in [0.25, 0.3) is 0 Å². The molecule has 0 amide bonds. The van der Waals surface area contributed by atoms with Crippen LogP contribution < -0.4 is 10.6 Å². The number of methoxy groups -OCH3 is 1. The third kappa shape index (κ3) is 5.83. The van der Waals surface area contributed by atoms with Crippen LogP contribution in [0.4, 0.5) is 0 Å². The van der Waals surface area contributed by atoms with Gasteiger partial charge in [0, 0.05) is 52.8 Å². The maximum absolute atomic E-state index is 5.34. The van der Waals surface area contributed by atoms with E-state index in [1.807, 2.05) is 25.8 Å². The van der Waals surface area contributed by atoms with Crippen molar-refractivity contribution < 1.29 is 4.74 Å². The molecular weight excluding hydrogens is 350 g/mol.